The highest BCUT2D eigenvalue weighted by Gasteiger charge is 2.13. The van der Waals surface area contributed by atoms with Crippen LogP contribution >= 0.6 is 11.6 Å². The normalized spacial score (nSPS) is 10.1. The van der Waals surface area contributed by atoms with Crippen molar-refractivity contribution in [1.29, 1.82) is 0 Å². The van der Waals surface area contributed by atoms with Crippen LogP contribution in [-0.2, 0) is 0 Å². The molecule has 0 saturated heterocycles. The van der Waals surface area contributed by atoms with Crippen LogP contribution in [-0.4, -0.2) is 10.9 Å². The summed E-state index contributed by atoms with van der Waals surface area (Å²) in [6.07, 6.45) is 0. The Kier molecular flexibility index (Phi) is 2.93. The van der Waals surface area contributed by atoms with Gasteiger partial charge in [-0.2, -0.15) is 0 Å². The van der Waals surface area contributed by atoms with Crippen LogP contribution in [0.3, 0.4) is 0 Å². The molecule has 0 atom stereocenters. The molecule has 0 aliphatic carbocycles. The fraction of sp³-hybridized carbons (Fsp3) is 0. The number of rotatable bonds is 2. The largest absolute Gasteiger partial charge is 0.507 e. The van der Waals surface area contributed by atoms with Crippen molar-refractivity contribution in [2.24, 2.45) is 0 Å². The van der Waals surface area contributed by atoms with Gasteiger partial charge in [0, 0.05) is 16.7 Å². The molecule has 0 heterocycles. The van der Waals surface area contributed by atoms with Crippen molar-refractivity contribution in [3.8, 4) is 5.75 Å². The van der Waals surface area contributed by atoms with Crippen molar-refractivity contribution in [2.75, 3.05) is 0 Å². The predicted octanol–water partition coefficient (Wildman–Crippen LogP) is 3.08. The van der Waals surface area contributed by atoms with E-state index < -0.39 is 0 Å². The van der Waals surface area contributed by atoms with E-state index in [-0.39, 0.29) is 17.1 Å². The fourth-order valence-corrected chi connectivity index (χ4v) is 1.55. The van der Waals surface area contributed by atoms with E-state index in [0.717, 1.165) is 0 Å². The third-order valence-corrected chi connectivity index (χ3v) is 2.39. The van der Waals surface area contributed by atoms with Gasteiger partial charge in [0.05, 0.1) is 5.56 Å². The molecule has 1 radical (unpaired) electrons. The standard InChI is InChI=1S/C13H8ClO2/c14-10-6-7-12(15)11(8-10)13(16)9-4-2-1-3-5-9/h1-5,7-8,15H. The molecule has 0 amide bonds. The van der Waals surface area contributed by atoms with Gasteiger partial charge in [-0.1, -0.05) is 41.9 Å². The Balaban J connectivity index is 2.46. The highest BCUT2D eigenvalue weighted by atomic mass is 35.5. The number of carbonyl (C=O) groups excluding carboxylic acids is 1. The Morgan fingerprint density at radius 3 is 2.62 bits per heavy atom. The molecule has 3 heteroatoms. The van der Waals surface area contributed by atoms with Crippen LogP contribution in [0, 0.1) is 6.07 Å². The molecule has 2 aromatic carbocycles. The SMILES string of the molecule is O=C(c1ccccc1)c1cc(Cl)[c]cc1O. The van der Waals surface area contributed by atoms with Crippen molar-refractivity contribution in [3.63, 3.8) is 0 Å². The van der Waals surface area contributed by atoms with E-state index in [9.17, 15) is 9.90 Å². The average Bonchev–Trinajstić information content (AvgIpc) is 2.32. The van der Waals surface area contributed by atoms with Crippen LogP contribution in [0.15, 0.2) is 42.5 Å². The van der Waals surface area contributed by atoms with Gasteiger partial charge in [0.15, 0.2) is 5.78 Å². The van der Waals surface area contributed by atoms with E-state index in [4.69, 9.17) is 11.6 Å². The predicted molar refractivity (Wildman–Crippen MR) is 61.8 cm³/mol. The third kappa shape index (κ3) is 2.07. The molecule has 0 saturated carbocycles. The molecule has 79 valence electrons. The monoisotopic (exact) mass is 231 g/mol. The Hall–Kier alpha value is -1.80. The molecule has 2 aromatic rings. The first-order chi connectivity index (χ1) is 7.68. The van der Waals surface area contributed by atoms with Gasteiger partial charge < -0.3 is 5.11 Å². The van der Waals surface area contributed by atoms with Gasteiger partial charge in [0.2, 0.25) is 0 Å². The molecule has 0 aliphatic heterocycles. The van der Waals surface area contributed by atoms with Gasteiger partial charge in [-0.25, -0.2) is 0 Å². The molecule has 2 rings (SSSR count). The van der Waals surface area contributed by atoms with Gasteiger partial charge in [-0.05, 0) is 12.1 Å². The van der Waals surface area contributed by atoms with Crippen molar-refractivity contribution in [2.45, 2.75) is 0 Å². The highest BCUT2D eigenvalue weighted by molar-refractivity contribution is 6.31. The lowest BCUT2D eigenvalue weighted by molar-refractivity contribution is 0.103. The molecular weight excluding hydrogens is 224 g/mol. The highest BCUT2D eigenvalue weighted by Crippen LogP contribution is 2.23. The van der Waals surface area contributed by atoms with Crippen molar-refractivity contribution in [3.05, 3.63) is 64.7 Å². The summed E-state index contributed by atoms with van der Waals surface area (Å²) >= 11 is 5.73. The van der Waals surface area contributed by atoms with E-state index in [0.29, 0.717) is 10.6 Å². The zero-order valence-corrected chi connectivity index (χ0v) is 9.03. The van der Waals surface area contributed by atoms with Crippen LogP contribution in [0.2, 0.25) is 5.02 Å². The molecule has 1 N–H and O–H groups in total. The second-order valence-corrected chi connectivity index (χ2v) is 3.68. The van der Waals surface area contributed by atoms with Gasteiger partial charge in [-0.3, -0.25) is 4.79 Å². The first kappa shape index (κ1) is 10.7. The maximum atomic E-state index is 12.0. The number of phenols is 1. The Morgan fingerprint density at radius 1 is 1.25 bits per heavy atom. The molecular formula is C13H8ClO2. The minimum absolute atomic E-state index is 0.113. The lowest BCUT2D eigenvalue weighted by Gasteiger charge is -2.03. The molecule has 0 bridgehead atoms. The van der Waals surface area contributed by atoms with E-state index in [1.807, 2.05) is 6.07 Å². The number of carbonyl (C=O) groups is 1. The van der Waals surface area contributed by atoms with Gasteiger partial charge >= 0.3 is 0 Å². The summed E-state index contributed by atoms with van der Waals surface area (Å²) in [5.41, 5.74) is 0.704. The second kappa shape index (κ2) is 4.37. The van der Waals surface area contributed by atoms with Gasteiger partial charge in [-0.15, -0.1) is 0 Å². The summed E-state index contributed by atoms with van der Waals surface area (Å²) in [5.74, 6) is -0.368. The van der Waals surface area contributed by atoms with Crippen LogP contribution in [0.1, 0.15) is 15.9 Å². The molecule has 0 aromatic heterocycles. The zero-order valence-electron chi connectivity index (χ0n) is 8.27. The van der Waals surface area contributed by atoms with Crippen molar-refractivity contribution >= 4 is 17.4 Å². The summed E-state index contributed by atoms with van der Waals surface area (Å²) in [6.45, 7) is 0. The van der Waals surface area contributed by atoms with E-state index >= 15 is 0 Å². The summed E-state index contributed by atoms with van der Waals surface area (Å²) in [6, 6.07) is 14.0. The molecule has 0 aliphatic rings. The van der Waals surface area contributed by atoms with Gasteiger partial charge in [0.1, 0.15) is 5.75 Å². The number of ketones is 1. The minimum Gasteiger partial charge on any atom is -0.507 e. The zero-order chi connectivity index (χ0) is 11.5. The van der Waals surface area contributed by atoms with Crippen LogP contribution in [0.25, 0.3) is 0 Å². The minimum atomic E-state index is -0.256. The number of hydrogen-bond donors (Lipinski definition) is 1. The number of halogens is 1. The first-order valence-electron chi connectivity index (χ1n) is 4.68. The van der Waals surface area contributed by atoms with Crippen LogP contribution in [0.5, 0.6) is 5.75 Å². The molecule has 0 fully saturated rings. The van der Waals surface area contributed by atoms with Gasteiger partial charge in [0.25, 0.3) is 0 Å². The first-order valence-corrected chi connectivity index (χ1v) is 5.06. The lowest BCUT2D eigenvalue weighted by atomic mass is 10.0. The molecule has 2 nitrogen and oxygen atoms in total. The number of aromatic hydroxyl groups is 1. The van der Waals surface area contributed by atoms with E-state index in [1.165, 1.54) is 12.1 Å². The number of benzene rings is 2. The van der Waals surface area contributed by atoms with E-state index in [2.05, 4.69) is 6.07 Å². The number of hydrogen-bond acceptors (Lipinski definition) is 2. The van der Waals surface area contributed by atoms with Crippen molar-refractivity contribution in [1.82, 2.24) is 0 Å². The van der Waals surface area contributed by atoms with Crippen molar-refractivity contribution < 1.29 is 9.90 Å². The summed E-state index contributed by atoms with van der Waals surface area (Å²) in [4.78, 5) is 12.0. The summed E-state index contributed by atoms with van der Waals surface area (Å²) < 4.78 is 0. The second-order valence-electron chi connectivity index (χ2n) is 3.28. The number of phenolic OH excluding ortho intramolecular Hbond substituents is 1. The Bertz CT molecular complexity index is 521. The third-order valence-electron chi connectivity index (χ3n) is 2.17. The molecule has 16 heavy (non-hydrogen) atoms. The molecule has 0 spiro atoms. The van der Waals surface area contributed by atoms with E-state index in [1.54, 1.807) is 24.3 Å². The van der Waals surface area contributed by atoms with Crippen LogP contribution in [0.4, 0.5) is 0 Å². The maximum absolute atomic E-state index is 12.0. The maximum Gasteiger partial charge on any atom is 0.196 e. The molecule has 0 unspecified atom stereocenters. The average molecular weight is 232 g/mol. The smallest absolute Gasteiger partial charge is 0.196 e. The Labute approximate surface area is 98.1 Å². The topological polar surface area (TPSA) is 37.3 Å². The lowest BCUT2D eigenvalue weighted by Crippen LogP contribution is -2.01. The fourth-order valence-electron chi connectivity index (χ4n) is 1.38. The Morgan fingerprint density at radius 2 is 1.94 bits per heavy atom. The summed E-state index contributed by atoms with van der Waals surface area (Å²) in [7, 11) is 0. The van der Waals surface area contributed by atoms with Crippen LogP contribution < -0.4 is 0 Å². The quantitative estimate of drug-likeness (QED) is 0.807. The summed E-state index contributed by atoms with van der Waals surface area (Å²) in [5, 5.41) is 9.86.